The van der Waals surface area contributed by atoms with Crippen molar-refractivity contribution in [2.45, 2.75) is 32.6 Å². The van der Waals surface area contributed by atoms with E-state index in [9.17, 15) is 0 Å². The van der Waals surface area contributed by atoms with Crippen LogP contribution >= 0.6 is 0 Å². The van der Waals surface area contributed by atoms with Gasteiger partial charge in [0.1, 0.15) is 0 Å². The molecule has 1 aliphatic rings. The van der Waals surface area contributed by atoms with E-state index in [1.54, 1.807) is 0 Å². The average Bonchev–Trinajstić information content (AvgIpc) is 2.56. The quantitative estimate of drug-likeness (QED) is 0.624. The van der Waals surface area contributed by atoms with Crippen molar-refractivity contribution in [3.63, 3.8) is 0 Å². The zero-order valence-electron chi connectivity index (χ0n) is 12.8. The number of hydrogen-bond acceptors (Lipinski definition) is 0. The maximum Gasteiger partial charge on any atom is -0.0175 e. The van der Waals surface area contributed by atoms with Crippen LogP contribution < -0.4 is 0 Å². The predicted octanol–water partition coefficient (Wildman–Crippen LogP) is 6.21. The molecule has 0 nitrogen and oxygen atoms in total. The van der Waals surface area contributed by atoms with Crippen LogP contribution in [0.2, 0.25) is 0 Å². The van der Waals surface area contributed by atoms with Gasteiger partial charge in [0.15, 0.2) is 0 Å². The van der Waals surface area contributed by atoms with Crippen molar-refractivity contribution in [3.8, 4) is 11.1 Å². The van der Waals surface area contributed by atoms with Crippen molar-refractivity contribution >= 4 is 5.57 Å². The van der Waals surface area contributed by atoms with Gasteiger partial charge in [-0.3, -0.25) is 0 Å². The smallest absolute Gasteiger partial charge is 0.0175 e. The molecule has 0 saturated heterocycles. The molecule has 3 rings (SSSR count). The third-order valence-corrected chi connectivity index (χ3v) is 4.06. The predicted molar refractivity (Wildman–Crippen MR) is 92.3 cm³/mol. The first-order chi connectivity index (χ1) is 10.2. The maximum atomic E-state index is 2.36. The summed E-state index contributed by atoms with van der Waals surface area (Å²) >= 11 is 0. The topological polar surface area (TPSA) is 0 Å². The second kappa shape index (κ2) is 6.13. The van der Waals surface area contributed by atoms with Gasteiger partial charge in [-0.25, -0.2) is 0 Å². The molecule has 2 aromatic carbocycles. The van der Waals surface area contributed by atoms with Gasteiger partial charge in [0, 0.05) is 0 Å². The van der Waals surface area contributed by atoms with Crippen LogP contribution in [0.5, 0.6) is 0 Å². The Morgan fingerprint density at radius 3 is 2.24 bits per heavy atom. The summed E-state index contributed by atoms with van der Waals surface area (Å²) in [6, 6.07) is 17.7. The molecule has 1 aliphatic carbocycles. The zero-order chi connectivity index (χ0) is 14.7. The van der Waals surface area contributed by atoms with Gasteiger partial charge in [-0.2, -0.15) is 0 Å². The highest BCUT2D eigenvalue weighted by Crippen LogP contribution is 2.30. The van der Waals surface area contributed by atoms with Crippen molar-refractivity contribution in [1.29, 1.82) is 0 Å². The van der Waals surface area contributed by atoms with E-state index in [0.29, 0.717) is 5.92 Å². The van der Waals surface area contributed by atoms with Crippen LogP contribution in [0.1, 0.15) is 43.7 Å². The van der Waals surface area contributed by atoms with Crippen LogP contribution in [0, 0.1) is 0 Å². The summed E-state index contributed by atoms with van der Waals surface area (Å²) in [4.78, 5) is 0. The van der Waals surface area contributed by atoms with Gasteiger partial charge in [-0.05, 0) is 52.7 Å². The third kappa shape index (κ3) is 3.16. The van der Waals surface area contributed by atoms with Crippen LogP contribution in [0.15, 0.2) is 66.8 Å². The molecule has 0 bridgehead atoms. The molecule has 0 N–H and O–H groups in total. The van der Waals surface area contributed by atoms with Gasteiger partial charge < -0.3 is 0 Å². The van der Waals surface area contributed by atoms with Crippen LogP contribution in [-0.4, -0.2) is 0 Å². The van der Waals surface area contributed by atoms with Gasteiger partial charge in [-0.1, -0.05) is 74.5 Å². The first-order valence-corrected chi connectivity index (χ1v) is 7.81. The third-order valence-electron chi connectivity index (χ3n) is 4.06. The maximum absolute atomic E-state index is 2.36. The summed E-state index contributed by atoms with van der Waals surface area (Å²) in [7, 11) is 0. The number of rotatable bonds is 3. The molecule has 0 unspecified atom stereocenters. The Kier molecular flexibility index (Phi) is 4.06. The molecule has 0 spiro atoms. The molecule has 0 heteroatoms. The minimum absolute atomic E-state index is 0.542. The Bertz CT molecular complexity index is 672. The van der Waals surface area contributed by atoms with Crippen molar-refractivity contribution in [1.82, 2.24) is 0 Å². The number of benzene rings is 2. The van der Waals surface area contributed by atoms with Gasteiger partial charge in [-0.15, -0.1) is 0 Å². The van der Waals surface area contributed by atoms with Crippen molar-refractivity contribution in [3.05, 3.63) is 77.9 Å². The molecule has 0 aromatic heterocycles. The van der Waals surface area contributed by atoms with E-state index in [4.69, 9.17) is 0 Å². The van der Waals surface area contributed by atoms with E-state index in [1.807, 2.05) is 0 Å². The molecule has 21 heavy (non-hydrogen) atoms. The Labute approximate surface area is 127 Å². The molecule has 0 amide bonds. The van der Waals surface area contributed by atoms with E-state index in [2.05, 4.69) is 80.6 Å². The molecule has 0 fully saturated rings. The molecule has 106 valence electrons. The molecule has 0 heterocycles. The lowest BCUT2D eigenvalue weighted by molar-refractivity contribution is 0.866. The van der Waals surface area contributed by atoms with Gasteiger partial charge in [0.2, 0.25) is 0 Å². The van der Waals surface area contributed by atoms with Gasteiger partial charge in [0.05, 0.1) is 0 Å². The fourth-order valence-electron chi connectivity index (χ4n) is 2.78. The normalized spacial score (nSPS) is 14.3. The average molecular weight is 274 g/mol. The summed E-state index contributed by atoms with van der Waals surface area (Å²) in [6.45, 7) is 4.53. The SMILES string of the molecule is CC(C)c1cc(C2=CCCC=C2)cc(-c2ccccc2)c1. The molecule has 0 atom stereocenters. The Balaban J connectivity index is 2.11. The Hall–Kier alpha value is -2.08. The Morgan fingerprint density at radius 2 is 1.57 bits per heavy atom. The molecule has 0 saturated carbocycles. The van der Waals surface area contributed by atoms with E-state index in [1.165, 1.54) is 34.2 Å². The second-order valence-corrected chi connectivity index (χ2v) is 6.00. The van der Waals surface area contributed by atoms with E-state index >= 15 is 0 Å². The van der Waals surface area contributed by atoms with E-state index in [-0.39, 0.29) is 0 Å². The van der Waals surface area contributed by atoms with Crippen LogP contribution in [0.4, 0.5) is 0 Å². The van der Waals surface area contributed by atoms with Crippen LogP contribution in [0.25, 0.3) is 16.7 Å². The summed E-state index contributed by atoms with van der Waals surface area (Å²) < 4.78 is 0. The number of hydrogen-bond donors (Lipinski definition) is 0. The first kappa shape index (κ1) is 13.9. The molecule has 2 aromatic rings. The van der Waals surface area contributed by atoms with Crippen molar-refractivity contribution < 1.29 is 0 Å². The Morgan fingerprint density at radius 1 is 0.810 bits per heavy atom. The lowest BCUT2D eigenvalue weighted by atomic mass is 9.90. The van der Waals surface area contributed by atoms with Crippen molar-refractivity contribution in [2.75, 3.05) is 0 Å². The molecule has 0 aliphatic heterocycles. The largest absolute Gasteiger partial charge is 0.0836 e. The van der Waals surface area contributed by atoms with Gasteiger partial charge >= 0.3 is 0 Å². The fourth-order valence-corrected chi connectivity index (χ4v) is 2.78. The monoisotopic (exact) mass is 274 g/mol. The summed E-state index contributed by atoms with van der Waals surface area (Å²) in [5, 5.41) is 0. The summed E-state index contributed by atoms with van der Waals surface area (Å²) in [6.07, 6.45) is 9.21. The van der Waals surface area contributed by atoms with Crippen LogP contribution in [0.3, 0.4) is 0 Å². The highest BCUT2D eigenvalue weighted by molar-refractivity contribution is 5.79. The lowest BCUT2D eigenvalue weighted by Crippen LogP contribution is -1.94. The van der Waals surface area contributed by atoms with E-state index < -0.39 is 0 Å². The molecule has 0 radical (unpaired) electrons. The minimum Gasteiger partial charge on any atom is -0.0836 e. The highest BCUT2D eigenvalue weighted by Gasteiger charge is 2.09. The first-order valence-electron chi connectivity index (χ1n) is 7.81. The lowest BCUT2D eigenvalue weighted by Gasteiger charge is -2.14. The summed E-state index contributed by atoms with van der Waals surface area (Å²) in [5.41, 5.74) is 6.72. The standard InChI is InChI=1S/C21H22/c1-16(2)19-13-20(17-9-5-3-6-10-17)15-21(14-19)18-11-7-4-8-12-18/h3,5-7,9-16H,4,8H2,1-2H3. The molecular formula is C21H22. The van der Waals surface area contributed by atoms with E-state index in [0.717, 1.165) is 6.42 Å². The summed E-state index contributed by atoms with van der Waals surface area (Å²) in [5.74, 6) is 0.542. The van der Waals surface area contributed by atoms with Gasteiger partial charge in [0.25, 0.3) is 0 Å². The minimum atomic E-state index is 0.542. The zero-order valence-corrected chi connectivity index (χ0v) is 12.8. The van der Waals surface area contributed by atoms with Crippen molar-refractivity contribution in [2.24, 2.45) is 0 Å². The molecular weight excluding hydrogens is 252 g/mol. The fraction of sp³-hybridized carbons (Fsp3) is 0.238. The van der Waals surface area contributed by atoms with Crippen LogP contribution in [-0.2, 0) is 0 Å². The number of allylic oxidation sites excluding steroid dienone is 4. The highest BCUT2D eigenvalue weighted by atomic mass is 14.1. The second-order valence-electron chi connectivity index (χ2n) is 6.00.